The van der Waals surface area contributed by atoms with Crippen LogP contribution in [0, 0.1) is 0 Å². The lowest BCUT2D eigenvalue weighted by molar-refractivity contribution is 0.0711. The maximum atomic E-state index is 10.5. The largest absolute Gasteiger partial charge is 0.383 e. The first-order valence-corrected chi connectivity index (χ1v) is 8.96. The summed E-state index contributed by atoms with van der Waals surface area (Å²) < 4.78 is 0. The SMILES string of the molecule is CCNC(=NCC(C)(O)c1cccs1)NCCC1=CCCC1. The number of aliphatic imine (C=N–C) groups is 1. The molecule has 1 aliphatic rings. The summed E-state index contributed by atoms with van der Waals surface area (Å²) in [6.45, 7) is 5.92. The van der Waals surface area contributed by atoms with E-state index < -0.39 is 5.60 Å². The Kier molecular flexibility index (Phi) is 6.46. The van der Waals surface area contributed by atoms with Gasteiger partial charge in [0.05, 0.1) is 6.54 Å². The molecule has 0 aromatic carbocycles. The lowest BCUT2D eigenvalue weighted by Crippen LogP contribution is -2.39. The van der Waals surface area contributed by atoms with E-state index in [1.54, 1.807) is 16.9 Å². The minimum Gasteiger partial charge on any atom is -0.383 e. The van der Waals surface area contributed by atoms with Crippen LogP contribution in [0.5, 0.6) is 0 Å². The van der Waals surface area contributed by atoms with Crippen LogP contribution in [0.4, 0.5) is 0 Å². The summed E-state index contributed by atoms with van der Waals surface area (Å²) in [5.74, 6) is 0.776. The Morgan fingerprint density at radius 1 is 1.45 bits per heavy atom. The highest BCUT2D eigenvalue weighted by Gasteiger charge is 2.23. The minimum atomic E-state index is -0.912. The van der Waals surface area contributed by atoms with E-state index in [2.05, 4.69) is 21.7 Å². The molecule has 1 atom stereocenters. The summed E-state index contributed by atoms with van der Waals surface area (Å²) in [7, 11) is 0. The fraction of sp³-hybridized carbons (Fsp3) is 0.588. The molecule has 122 valence electrons. The second kappa shape index (κ2) is 8.34. The average Bonchev–Trinajstić information content (AvgIpc) is 3.18. The van der Waals surface area contributed by atoms with E-state index in [1.165, 1.54) is 19.3 Å². The third-order valence-electron chi connectivity index (χ3n) is 3.81. The Balaban J connectivity index is 1.86. The second-order valence-electron chi connectivity index (χ2n) is 5.88. The Labute approximate surface area is 137 Å². The quantitative estimate of drug-likeness (QED) is 0.411. The molecule has 3 N–H and O–H groups in total. The summed E-state index contributed by atoms with van der Waals surface area (Å²) in [5, 5.41) is 19.1. The first-order valence-electron chi connectivity index (χ1n) is 8.08. The van der Waals surface area contributed by atoms with Gasteiger partial charge in [-0.2, -0.15) is 0 Å². The van der Waals surface area contributed by atoms with Crippen LogP contribution >= 0.6 is 11.3 Å². The zero-order valence-electron chi connectivity index (χ0n) is 13.6. The Bertz CT molecular complexity index is 506. The fourth-order valence-electron chi connectivity index (χ4n) is 2.54. The van der Waals surface area contributed by atoms with Crippen molar-refractivity contribution in [1.29, 1.82) is 0 Å². The van der Waals surface area contributed by atoms with E-state index in [0.29, 0.717) is 6.54 Å². The van der Waals surface area contributed by atoms with E-state index in [-0.39, 0.29) is 0 Å². The molecule has 1 unspecified atom stereocenters. The van der Waals surface area contributed by atoms with Crippen LogP contribution in [0.15, 0.2) is 34.2 Å². The van der Waals surface area contributed by atoms with Gasteiger partial charge in [0.1, 0.15) is 5.60 Å². The van der Waals surface area contributed by atoms with Crippen molar-refractivity contribution in [3.05, 3.63) is 34.0 Å². The summed E-state index contributed by atoms with van der Waals surface area (Å²) >= 11 is 1.56. The van der Waals surface area contributed by atoms with E-state index in [1.807, 2.05) is 31.4 Å². The highest BCUT2D eigenvalue weighted by molar-refractivity contribution is 7.10. The van der Waals surface area contributed by atoms with Gasteiger partial charge in [0.2, 0.25) is 0 Å². The minimum absolute atomic E-state index is 0.353. The predicted molar refractivity (Wildman–Crippen MR) is 94.4 cm³/mol. The van der Waals surface area contributed by atoms with Crippen LogP contribution in [0.3, 0.4) is 0 Å². The molecule has 0 aliphatic heterocycles. The topological polar surface area (TPSA) is 56.7 Å². The molecule has 1 aromatic heterocycles. The highest BCUT2D eigenvalue weighted by Crippen LogP contribution is 2.25. The number of allylic oxidation sites excluding steroid dienone is 1. The maximum absolute atomic E-state index is 10.5. The lowest BCUT2D eigenvalue weighted by atomic mass is 10.1. The van der Waals surface area contributed by atoms with Gasteiger partial charge in [0.25, 0.3) is 0 Å². The Hall–Kier alpha value is -1.33. The summed E-state index contributed by atoms with van der Waals surface area (Å²) in [6, 6.07) is 3.91. The number of thiophene rings is 1. The first-order chi connectivity index (χ1) is 10.6. The van der Waals surface area contributed by atoms with Crippen molar-refractivity contribution < 1.29 is 5.11 Å². The number of rotatable bonds is 7. The maximum Gasteiger partial charge on any atom is 0.191 e. The van der Waals surface area contributed by atoms with Gasteiger partial charge in [0, 0.05) is 18.0 Å². The van der Waals surface area contributed by atoms with Gasteiger partial charge in [-0.25, -0.2) is 4.99 Å². The molecule has 1 heterocycles. The zero-order chi connectivity index (χ0) is 15.8. The van der Waals surface area contributed by atoms with Gasteiger partial charge in [-0.3, -0.25) is 0 Å². The molecule has 0 radical (unpaired) electrons. The lowest BCUT2D eigenvalue weighted by Gasteiger charge is -2.20. The number of hydrogen-bond acceptors (Lipinski definition) is 3. The first kappa shape index (κ1) is 17.0. The number of guanidine groups is 1. The van der Waals surface area contributed by atoms with Crippen molar-refractivity contribution in [3.63, 3.8) is 0 Å². The molecular weight excluding hydrogens is 294 g/mol. The van der Waals surface area contributed by atoms with Crippen molar-refractivity contribution in [3.8, 4) is 0 Å². The van der Waals surface area contributed by atoms with Crippen LogP contribution in [-0.4, -0.2) is 30.7 Å². The van der Waals surface area contributed by atoms with Crippen LogP contribution in [0.1, 0.15) is 44.4 Å². The Morgan fingerprint density at radius 2 is 2.32 bits per heavy atom. The molecule has 0 spiro atoms. The smallest absolute Gasteiger partial charge is 0.191 e. The molecule has 0 saturated carbocycles. The van der Waals surface area contributed by atoms with Gasteiger partial charge < -0.3 is 15.7 Å². The molecule has 4 nitrogen and oxygen atoms in total. The fourth-order valence-corrected chi connectivity index (χ4v) is 3.32. The molecule has 0 amide bonds. The monoisotopic (exact) mass is 321 g/mol. The van der Waals surface area contributed by atoms with Crippen molar-refractivity contribution in [2.24, 2.45) is 4.99 Å². The molecule has 0 fully saturated rings. The van der Waals surface area contributed by atoms with E-state index in [4.69, 9.17) is 0 Å². The third-order valence-corrected chi connectivity index (χ3v) is 4.94. The van der Waals surface area contributed by atoms with Crippen LogP contribution in [-0.2, 0) is 5.60 Å². The van der Waals surface area contributed by atoms with Crippen LogP contribution in [0.25, 0.3) is 0 Å². The molecule has 2 rings (SSSR count). The molecule has 0 bridgehead atoms. The van der Waals surface area contributed by atoms with Gasteiger partial charge in [0.15, 0.2) is 5.96 Å². The number of nitrogens with one attached hydrogen (secondary N) is 2. The van der Waals surface area contributed by atoms with Gasteiger partial charge in [-0.15, -0.1) is 11.3 Å². The molecular formula is C17H27N3OS. The molecule has 5 heteroatoms. The van der Waals surface area contributed by atoms with E-state index in [0.717, 1.165) is 30.3 Å². The molecule has 0 saturated heterocycles. The van der Waals surface area contributed by atoms with Crippen molar-refractivity contribution in [2.45, 2.75) is 45.1 Å². The standard InChI is InChI=1S/C17H27N3OS/c1-3-18-16(19-11-10-14-7-4-5-8-14)20-13-17(2,21)15-9-6-12-22-15/h6-7,9,12,21H,3-5,8,10-11,13H2,1-2H3,(H2,18,19,20). The van der Waals surface area contributed by atoms with Gasteiger partial charge >= 0.3 is 0 Å². The average molecular weight is 321 g/mol. The van der Waals surface area contributed by atoms with Crippen LogP contribution < -0.4 is 10.6 Å². The number of aliphatic hydroxyl groups is 1. The third kappa shape index (κ3) is 5.14. The Morgan fingerprint density at radius 3 is 2.95 bits per heavy atom. The number of nitrogens with zero attached hydrogens (tertiary/aromatic N) is 1. The van der Waals surface area contributed by atoms with Gasteiger partial charge in [-0.05, 0) is 51.0 Å². The van der Waals surface area contributed by atoms with Gasteiger partial charge in [-0.1, -0.05) is 17.7 Å². The van der Waals surface area contributed by atoms with Crippen molar-refractivity contribution in [1.82, 2.24) is 10.6 Å². The summed E-state index contributed by atoms with van der Waals surface area (Å²) in [4.78, 5) is 5.48. The summed E-state index contributed by atoms with van der Waals surface area (Å²) in [5.41, 5.74) is 0.638. The highest BCUT2D eigenvalue weighted by atomic mass is 32.1. The molecule has 1 aromatic rings. The predicted octanol–water partition coefficient (Wildman–Crippen LogP) is 3.01. The zero-order valence-corrected chi connectivity index (χ0v) is 14.4. The molecule has 1 aliphatic carbocycles. The normalized spacial score (nSPS) is 18.0. The van der Waals surface area contributed by atoms with Crippen molar-refractivity contribution in [2.75, 3.05) is 19.6 Å². The summed E-state index contributed by atoms with van der Waals surface area (Å²) in [6.07, 6.45) is 7.20. The van der Waals surface area contributed by atoms with Crippen LogP contribution in [0.2, 0.25) is 0 Å². The molecule has 22 heavy (non-hydrogen) atoms. The number of hydrogen-bond donors (Lipinski definition) is 3. The van der Waals surface area contributed by atoms with Crippen molar-refractivity contribution >= 4 is 17.3 Å². The second-order valence-corrected chi connectivity index (χ2v) is 6.83. The van der Waals surface area contributed by atoms with E-state index >= 15 is 0 Å². The van der Waals surface area contributed by atoms with E-state index in [9.17, 15) is 5.11 Å².